The van der Waals surface area contributed by atoms with Gasteiger partial charge in [-0.1, -0.05) is 0 Å². The lowest BCUT2D eigenvalue weighted by Gasteiger charge is -2.15. The summed E-state index contributed by atoms with van der Waals surface area (Å²) in [6.07, 6.45) is 4.24. The van der Waals surface area contributed by atoms with Gasteiger partial charge in [-0.3, -0.25) is 4.79 Å². The maximum atomic E-state index is 10.4. The Kier molecular flexibility index (Phi) is 7.80. The molecule has 0 bridgehead atoms. The Labute approximate surface area is 136 Å². The zero-order valence-corrected chi connectivity index (χ0v) is 13.9. The van der Waals surface area contributed by atoms with Gasteiger partial charge in [-0.2, -0.15) is 0 Å². The Morgan fingerprint density at radius 3 is 2.52 bits per heavy atom. The quantitative estimate of drug-likeness (QED) is 0.390. The number of benzene rings is 1. The minimum absolute atomic E-state index is 0.189. The van der Waals surface area contributed by atoms with Gasteiger partial charge in [-0.05, 0) is 38.3 Å². The van der Waals surface area contributed by atoms with Crippen LogP contribution in [0, 0.1) is 0 Å². The highest BCUT2D eigenvalue weighted by molar-refractivity contribution is 5.74. The van der Waals surface area contributed by atoms with Crippen molar-refractivity contribution in [2.45, 2.75) is 32.6 Å². The molecule has 0 unspecified atom stereocenters. The topological polar surface area (TPSA) is 91.0 Å². The SMILES string of the molecule is C/C=C(/OC)c1cc(OC)c(OCCCCCC(=O)O)cc1N. The predicted molar refractivity (Wildman–Crippen MR) is 89.7 cm³/mol. The predicted octanol–water partition coefficient (Wildman–Crippen LogP) is 3.31. The molecular weight excluding hydrogens is 298 g/mol. The van der Waals surface area contributed by atoms with Gasteiger partial charge in [0.25, 0.3) is 0 Å². The molecular formula is C17H25NO5. The average molecular weight is 323 g/mol. The molecule has 128 valence electrons. The van der Waals surface area contributed by atoms with Crippen molar-refractivity contribution in [3.8, 4) is 11.5 Å². The molecule has 6 nitrogen and oxygen atoms in total. The van der Waals surface area contributed by atoms with E-state index in [1.54, 1.807) is 26.4 Å². The zero-order chi connectivity index (χ0) is 17.2. The number of anilines is 1. The Morgan fingerprint density at radius 2 is 1.96 bits per heavy atom. The van der Waals surface area contributed by atoms with Gasteiger partial charge in [0.05, 0.1) is 20.8 Å². The summed E-state index contributed by atoms with van der Waals surface area (Å²) in [4.78, 5) is 10.4. The second kappa shape index (κ2) is 9.61. The van der Waals surface area contributed by atoms with E-state index in [1.165, 1.54) is 0 Å². The molecule has 0 radical (unpaired) electrons. The summed E-state index contributed by atoms with van der Waals surface area (Å²) >= 11 is 0. The molecule has 0 spiro atoms. The lowest BCUT2D eigenvalue weighted by Crippen LogP contribution is -2.03. The molecule has 1 aromatic rings. The molecule has 0 saturated carbocycles. The molecule has 0 aliphatic heterocycles. The number of hydrogen-bond acceptors (Lipinski definition) is 5. The molecule has 3 N–H and O–H groups in total. The Bertz CT molecular complexity index is 554. The van der Waals surface area contributed by atoms with Crippen molar-refractivity contribution in [3.63, 3.8) is 0 Å². The molecule has 23 heavy (non-hydrogen) atoms. The number of aliphatic carboxylic acids is 1. The summed E-state index contributed by atoms with van der Waals surface area (Å²) in [6, 6.07) is 3.50. The van der Waals surface area contributed by atoms with Crippen LogP contribution in [0.15, 0.2) is 18.2 Å². The lowest BCUT2D eigenvalue weighted by atomic mass is 10.1. The second-order valence-corrected chi connectivity index (χ2v) is 5.00. The maximum absolute atomic E-state index is 10.4. The number of ether oxygens (including phenoxy) is 3. The number of carboxylic acid groups (broad SMARTS) is 1. The molecule has 0 saturated heterocycles. The number of methoxy groups -OCH3 is 2. The normalized spacial score (nSPS) is 11.2. The van der Waals surface area contributed by atoms with Gasteiger partial charge >= 0.3 is 5.97 Å². The van der Waals surface area contributed by atoms with Crippen LogP contribution in [0.2, 0.25) is 0 Å². The Morgan fingerprint density at radius 1 is 1.22 bits per heavy atom. The first kappa shape index (κ1) is 18.7. The fraction of sp³-hybridized carbons (Fsp3) is 0.471. The molecule has 0 heterocycles. The largest absolute Gasteiger partial charge is 0.496 e. The van der Waals surface area contributed by atoms with Crippen molar-refractivity contribution in [2.24, 2.45) is 0 Å². The van der Waals surface area contributed by atoms with Gasteiger partial charge in [0.1, 0.15) is 5.76 Å². The van der Waals surface area contributed by atoms with E-state index in [0.717, 1.165) is 18.4 Å². The number of nitrogen functional groups attached to an aromatic ring is 1. The third-order valence-electron chi connectivity index (χ3n) is 3.38. The van der Waals surface area contributed by atoms with Crippen molar-refractivity contribution >= 4 is 17.4 Å². The minimum atomic E-state index is -0.770. The number of carbonyl (C=O) groups is 1. The van der Waals surface area contributed by atoms with E-state index < -0.39 is 5.97 Å². The van der Waals surface area contributed by atoms with Crippen LogP contribution in [-0.4, -0.2) is 31.9 Å². The molecule has 0 fully saturated rings. The van der Waals surface area contributed by atoms with E-state index in [2.05, 4.69) is 0 Å². The summed E-state index contributed by atoms with van der Waals surface area (Å²) in [5.41, 5.74) is 7.35. The van der Waals surface area contributed by atoms with E-state index >= 15 is 0 Å². The van der Waals surface area contributed by atoms with Crippen LogP contribution in [0.4, 0.5) is 5.69 Å². The van der Waals surface area contributed by atoms with Gasteiger partial charge in [0, 0.05) is 23.7 Å². The van der Waals surface area contributed by atoms with Crippen molar-refractivity contribution in [1.82, 2.24) is 0 Å². The highest BCUT2D eigenvalue weighted by atomic mass is 16.5. The smallest absolute Gasteiger partial charge is 0.303 e. The van der Waals surface area contributed by atoms with Crippen molar-refractivity contribution < 1.29 is 24.1 Å². The van der Waals surface area contributed by atoms with Crippen LogP contribution >= 0.6 is 0 Å². The minimum Gasteiger partial charge on any atom is -0.496 e. The summed E-state index contributed by atoms with van der Waals surface area (Å²) in [5.74, 6) is 1.05. The first-order valence-electron chi connectivity index (χ1n) is 7.56. The fourth-order valence-electron chi connectivity index (χ4n) is 2.18. The third-order valence-corrected chi connectivity index (χ3v) is 3.38. The highest BCUT2D eigenvalue weighted by Gasteiger charge is 2.13. The van der Waals surface area contributed by atoms with Crippen molar-refractivity contribution in [2.75, 3.05) is 26.6 Å². The van der Waals surface area contributed by atoms with E-state index in [0.29, 0.717) is 36.0 Å². The number of hydrogen-bond donors (Lipinski definition) is 2. The van der Waals surface area contributed by atoms with Gasteiger partial charge in [-0.15, -0.1) is 0 Å². The van der Waals surface area contributed by atoms with E-state index in [4.69, 9.17) is 25.1 Å². The number of unbranched alkanes of at least 4 members (excludes halogenated alkanes) is 2. The van der Waals surface area contributed by atoms with Crippen LogP contribution in [0.3, 0.4) is 0 Å². The third kappa shape index (κ3) is 5.73. The maximum Gasteiger partial charge on any atom is 0.303 e. The monoisotopic (exact) mass is 323 g/mol. The summed E-state index contributed by atoms with van der Waals surface area (Å²) in [6.45, 7) is 2.35. The van der Waals surface area contributed by atoms with Crippen LogP contribution < -0.4 is 15.2 Å². The van der Waals surface area contributed by atoms with Crippen LogP contribution in [-0.2, 0) is 9.53 Å². The molecule has 0 aromatic heterocycles. The van der Waals surface area contributed by atoms with Crippen LogP contribution in [0.5, 0.6) is 11.5 Å². The molecule has 0 atom stereocenters. The van der Waals surface area contributed by atoms with Gasteiger partial charge in [0.2, 0.25) is 0 Å². The average Bonchev–Trinajstić information content (AvgIpc) is 2.53. The summed E-state index contributed by atoms with van der Waals surface area (Å²) in [7, 11) is 3.15. The molecule has 0 aliphatic rings. The van der Waals surface area contributed by atoms with Crippen LogP contribution in [0.25, 0.3) is 5.76 Å². The van der Waals surface area contributed by atoms with E-state index in [-0.39, 0.29) is 6.42 Å². The van der Waals surface area contributed by atoms with Crippen molar-refractivity contribution in [3.05, 3.63) is 23.8 Å². The van der Waals surface area contributed by atoms with Crippen LogP contribution in [0.1, 0.15) is 38.2 Å². The van der Waals surface area contributed by atoms with E-state index in [1.807, 2.05) is 13.0 Å². The molecule has 6 heteroatoms. The summed E-state index contributed by atoms with van der Waals surface area (Å²) < 4.78 is 16.3. The second-order valence-electron chi connectivity index (χ2n) is 5.00. The van der Waals surface area contributed by atoms with E-state index in [9.17, 15) is 4.79 Å². The molecule has 0 amide bonds. The number of rotatable bonds is 10. The Hall–Kier alpha value is -2.37. The first-order valence-corrected chi connectivity index (χ1v) is 7.56. The lowest BCUT2D eigenvalue weighted by molar-refractivity contribution is -0.137. The highest BCUT2D eigenvalue weighted by Crippen LogP contribution is 2.35. The fourth-order valence-corrected chi connectivity index (χ4v) is 2.18. The standard InChI is InChI=1S/C17H25NO5/c1-4-14(21-2)12-10-15(22-3)16(11-13(12)18)23-9-7-5-6-8-17(19)20/h4,10-11H,5-9,18H2,1-3H3,(H,19,20)/b14-4+. The zero-order valence-electron chi connectivity index (χ0n) is 13.9. The van der Waals surface area contributed by atoms with Gasteiger partial charge in [-0.25, -0.2) is 0 Å². The van der Waals surface area contributed by atoms with Crippen molar-refractivity contribution in [1.29, 1.82) is 0 Å². The molecule has 1 rings (SSSR count). The number of nitrogens with two attached hydrogens (primary N) is 1. The van der Waals surface area contributed by atoms with Gasteiger partial charge in [0.15, 0.2) is 11.5 Å². The summed E-state index contributed by atoms with van der Waals surface area (Å²) in [5, 5.41) is 8.58. The number of allylic oxidation sites excluding steroid dienone is 1. The first-order chi connectivity index (χ1) is 11.0. The Balaban J connectivity index is 2.69. The van der Waals surface area contributed by atoms with Gasteiger partial charge < -0.3 is 25.1 Å². The number of carboxylic acids is 1. The molecule has 0 aliphatic carbocycles. The molecule has 1 aromatic carbocycles.